The van der Waals surface area contributed by atoms with E-state index in [1.807, 2.05) is 12.3 Å². The lowest BCUT2D eigenvalue weighted by Crippen LogP contribution is -2.27. The van der Waals surface area contributed by atoms with Crippen molar-refractivity contribution in [1.29, 1.82) is 0 Å². The third-order valence-corrected chi connectivity index (χ3v) is 5.80. The minimum absolute atomic E-state index is 0.0149. The Bertz CT molecular complexity index is 702. The molecule has 0 bridgehead atoms. The van der Waals surface area contributed by atoms with Gasteiger partial charge in [0.25, 0.3) is 0 Å². The summed E-state index contributed by atoms with van der Waals surface area (Å²) >= 11 is 7.44. The van der Waals surface area contributed by atoms with Crippen LogP contribution in [0.5, 0.6) is 0 Å². The summed E-state index contributed by atoms with van der Waals surface area (Å²) in [4.78, 5) is 4.34. The molecule has 0 saturated heterocycles. The normalized spacial score (nSPS) is 13.3. The second kappa shape index (κ2) is 6.85. The van der Waals surface area contributed by atoms with Crippen LogP contribution >= 0.6 is 22.9 Å². The van der Waals surface area contributed by atoms with Crippen LogP contribution in [0.15, 0.2) is 34.7 Å². The number of benzene rings is 1. The highest BCUT2D eigenvalue weighted by Gasteiger charge is 2.18. The molecule has 0 radical (unpaired) electrons. The maximum atomic E-state index is 12.3. The number of sulfonamides is 1. The van der Waals surface area contributed by atoms with E-state index in [0.717, 1.165) is 5.01 Å². The number of thiazole rings is 1. The van der Waals surface area contributed by atoms with Crippen LogP contribution in [-0.4, -0.2) is 19.9 Å². The van der Waals surface area contributed by atoms with Crippen molar-refractivity contribution in [3.8, 4) is 0 Å². The van der Waals surface area contributed by atoms with Gasteiger partial charge < -0.3 is 5.73 Å². The molecule has 1 aromatic carbocycles. The lowest BCUT2D eigenvalue weighted by atomic mass is 10.2. The maximum absolute atomic E-state index is 12.3. The number of nitrogens with two attached hydrogens (primary N) is 1. The van der Waals surface area contributed by atoms with Crippen molar-refractivity contribution in [2.45, 2.75) is 24.3 Å². The highest BCUT2D eigenvalue weighted by atomic mass is 35.5. The number of rotatable bonds is 6. The van der Waals surface area contributed by atoms with E-state index >= 15 is 0 Å². The van der Waals surface area contributed by atoms with Gasteiger partial charge >= 0.3 is 0 Å². The minimum atomic E-state index is -3.58. The zero-order chi connectivity index (χ0) is 15.5. The van der Waals surface area contributed by atoms with Crippen LogP contribution in [0, 0.1) is 0 Å². The Hall–Kier alpha value is -0.990. The number of nitrogens with zero attached hydrogens (tertiary/aromatic N) is 1. The Morgan fingerprint density at radius 1 is 1.48 bits per heavy atom. The van der Waals surface area contributed by atoms with E-state index < -0.39 is 10.0 Å². The second-order valence-corrected chi connectivity index (χ2v) is 7.68. The Balaban J connectivity index is 2.11. The van der Waals surface area contributed by atoms with Crippen molar-refractivity contribution in [3.63, 3.8) is 0 Å². The molecule has 5 nitrogen and oxygen atoms in total. The van der Waals surface area contributed by atoms with E-state index in [9.17, 15) is 8.42 Å². The van der Waals surface area contributed by atoms with E-state index in [0.29, 0.717) is 10.6 Å². The van der Waals surface area contributed by atoms with E-state index in [-0.39, 0.29) is 23.9 Å². The molecule has 114 valence electrons. The Morgan fingerprint density at radius 3 is 2.86 bits per heavy atom. The molecule has 0 fully saturated rings. The van der Waals surface area contributed by atoms with Crippen LogP contribution in [0.2, 0.25) is 5.02 Å². The van der Waals surface area contributed by atoms with Crippen molar-refractivity contribution in [2.24, 2.45) is 5.73 Å². The molecule has 21 heavy (non-hydrogen) atoms. The van der Waals surface area contributed by atoms with E-state index in [4.69, 9.17) is 17.3 Å². The summed E-state index contributed by atoms with van der Waals surface area (Å²) in [6.45, 7) is 2.41. The molecule has 8 heteroatoms. The molecule has 2 aromatic rings. The monoisotopic (exact) mass is 345 g/mol. The zero-order valence-electron chi connectivity index (χ0n) is 11.4. The summed E-state index contributed by atoms with van der Waals surface area (Å²) in [6, 6.07) is 4.51. The van der Waals surface area contributed by atoms with Crippen LogP contribution in [0.1, 0.15) is 23.4 Å². The van der Waals surface area contributed by atoms with Gasteiger partial charge in [0.2, 0.25) is 10.0 Å². The summed E-state index contributed by atoms with van der Waals surface area (Å²) in [7, 11) is -3.58. The van der Waals surface area contributed by atoms with Gasteiger partial charge in [-0.25, -0.2) is 18.1 Å². The van der Waals surface area contributed by atoms with Crippen molar-refractivity contribution in [2.75, 3.05) is 6.54 Å². The van der Waals surface area contributed by atoms with Gasteiger partial charge in [0.05, 0.1) is 9.90 Å². The summed E-state index contributed by atoms with van der Waals surface area (Å²) < 4.78 is 27.1. The molecule has 0 amide bonds. The van der Waals surface area contributed by atoms with E-state index in [1.165, 1.54) is 23.5 Å². The molecule has 1 aromatic heterocycles. The highest BCUT2D eigenvalue weighted by molar-refractivity contribution is 7.89. The minimum Gasteiger partial charge on any atom is -0.326 e. The Labute approximate surface area is 133 Å². The van der Waals surface area contributed by atoms with Gasteiger partial charge in [-0.05, 0) is 23.8 Å². The maximum Gasteiger partial charge on any atom is 0.240 e. The predicted octanol–water partition coefficient (Wildman–Crippen LogP) is 2.34. The number of hydrogen-bond acceptors (Lipinski definition) is 5. The van der Waals surface area contributed by atoms with Crippen molar-refractivity contribution in [1.82, 2.24) is 9.71 Å². The fourth-order valence-corrected chi connectivity index (χ4v) is 3.83. The first kappa shape index (κ1) is 16.4. The van der Waals surface area contributed by atoms with E-state index in [2.05, 4.69) is 9.71 Å². The molecule has 0 aliphatic rings. The quantitative estimate of drug-likeness (QED) is 0.841. The number of halogens is 1. The van der Waals surface area contributed by atoms with Gasteiger partial charge in [-0.15, -0.1) is 11.3 Å². The molecule has 2 rings (SSSR count). The lowest BCUT2D eigenvalue weighted by molar-refractivity contribution is 0.574. The summed E-state index contributed by atoms with van der Waals surface area (Å²) in [5, 5.41) is 3.23. The van der Waals surface area contributed by atoms with Crippen LogP contribution < -0.4 is 10.5 Å². The number of aromatic nitrogens is 1. The van der Waals surface area contributed by atoms with Crippen molar-refractivity contribution in [3.05, 3.63) is 45.4 Å². The van der Waals surface area contributed by atoms with Crippen molar-refractivity contribution < 1.29 is 8.42 Å². The first-order chi connectivity index (χ1) is 9.94. The Kier molecular flexibility index (Phi) is 5.34. The van der Waals surface area contributed by atoms with Crippen LogP contribution in [0.3, 0.4) is 0 Å². The molecular formula is C13H16ClN3O2S2. The van der Waals surface area contributed by atoms with Gasteiger partial charge in [-0.1, -0.05) is 18.5 Å². The predicted molar refractivity (Wildman–Crippen MR) is 85.1 cm³/mol. The zero-order valence-corrected chi connectivity index (χ0v) is 13.8. The largest absolute Gasteiger partial charge is 0.326 e. The SMILES string of the molecule is CC(CNS(=O)(=O)c1ccc(Cl)c(CN)c1)c1nccs1. The van der Waals surface area contributed by atoms with Gasteiger partial charge in [0.15, 0.2) is 0 Å². The van der Waals surface area contributed by atoms with Crippen LogP contribution in [0.4, 0.5) is 0 Å². The highest BCUT2D eigenvalue weighted by Crippen LogP contribution is 2.21. The average molecular weight is 346 g/mol. The van der Waals surface area contributed by atoms with Gasteiger partial charge in [-0.2, -0.15) is 0 Å². The smallest absolute Gasteiger partial charge is 0.240 e. The summed E-state index contributed by atoms with van der Waals surface area (Å²) in [5.74, 6) is 0.0149. The average Bonchev–Trinajstić information content (AvgIpc) is 2.99. The molecule has 3 N–H and O–H groups in total. The third kappa shape index (κ3) is 4.02. The van der Waals surface area contributed by atoms with Gasteiger partial charge in [-0.3, -0.25) is 0 Å². The molecule has 0 aliphatic heterocycles. The fourth-order valence-electron chi connectivity index (χ4n) is 1.76. The lowest BCUT2D eigenvalue weighted by Gasteiger charge is -2.12. The molecule has 1 heterocycles. The van der Waals surface area contributed by atoms with Crippen LogP contribution in [-0.2, 0) is 16.6 Å². The molecule has 1 unspecified atom stereocenters. The van der Waals surface area contributed by atoms with E-state index in [1.54, 1.807) is 12.3 Å². The third-order valence-electron chi connectivity index (χ3n) is 3.00. The second-order valence-electron chi connectivity index (χ2n) is 4.58. The van der Waals surface area contributed by atoms with Gasteiger partial charge in [0.1, 0.15) is 0 Å². The Morgan fingerprint density at radius 2 is 2.24 bits per heavy atom. The van der Waals surface area contributed by atoms with Crippen molar-refractivity contribution >= 4 is 33.0 Å². The molecule has 1 atom stereocenters. The number of hydrogen-bond donors (Lipinski definition) is 2. The molecule has 0 aliphatic carbocycles. The summed E-state index contributed by atoms with van der Waals surface area (Å²) in [6.07, 6.45) is 1.71. The van der Waals surface area contributed by atoms with Crippen LogP contribution in [0.25, 0.3) is 0 Å². The molecular weight excluding hydrogens is 330 g/mol. The molecule has 0 saturated carbocycles. The summed E-state index contributed by atoms with van der Waals surface area (Å²) in [5.41, 5.74) is 6.15. The first-order valence-corrected chi connectivity index (χ1v) is 9.05. The fraction of sp³-hybridized carbons (Fsp3) is 0.308. The molecule has 0 spiro atoms. The topological polar surface area (TPSA) is 85.1 Å². The standard InChI is InChI=1S/C13H16ClN3O2S2/c1-9(13-16-4-5-20-13)8-17-21(18,19)11-2-3-12(14)10(6-11)7-15/h2-6,9,17H,7-8,15H2,1H3. The number of nitrogens with one attached hydrogen (secondary N) is 1. The van der Waals surface area contributed by atoms with Gasteiger partial charge in [0, 0.05) is 35.6 Å². The first-order valence-electron chi connectivity index (χ1n) is 6.31.